The first-order chi connectivity index (χ1) is 14.5. The first kappa shape index (κ1) is 19.3. The van der Waals surface area contributed by atoms with E-state index in [2.05, 4.69) is 15.3 Å². The molecule has 152 valence electrons. The number of Topliss-reactive ketones (excluding diaryl/α,β-unsaturated/α-hetero) is 1. The minimum absolute atomic E-state index is 0.0768. The van der Waals surface area contributed by atoms with E-state index in [4.69, 9.17) is 10.2 Å². The molecule has 0 bridgehead atoms. The molecule has 1 unspecified atom stereocenters. The van der Waals surface area contributed by atoms with E-state index in [-0.39, 0.29) is 12.1 Å². The predicted octanol–water partition coefficient (Wildman–Crippen LogP) is -0.471. The maximum Gasteiger partial charge on any atom is 0.287 e. The quantitative estimate of drug-likeness (QED) is 0.511. The van der Waals surface area contributed by atoms with Crippen LogP contribution in [0, 0.1) is 6.92 Å². The van der Waals surface area contributed by atoms with Gasteiger partial charge in [0.05, 0.1) is 12.5 Å². The zero-order chi connectivity index (χ0) is 21.3. The highest BCUT2D eigenvalue weighted by molar-refractivity contribution is 6.38. The molecule has 1 aliphatic rings. The summed E-state index contributed by atoms with van der Waals surface area (Å²) >= 11 is 0. The van der Waals surface area contributed by atoms with Crippen LogP contribution in [-0.2, 0) is 16.0 Å². The highest BCUT2D eigenvalue weighted by Crippen LogP contribution is 2.13. The Morgan fingerprint density at radius 3 is 2.83 bits per heavy atom. The molecule has 3 heterocycles. The molecule has 9 nitrogen and oxygen atoms in total. The number of nitrogens with one attached hydrogen (secondary N) is 1. The number of nitrogens with zero attached hydrogens (tertiary/aromatic N) is 3. The fraction of sp³-hybridized carbons (Fsp3) is 0.190. The van der Waals surface area contributed by atoms with Gasteiger partial charge in [0.1, 0.15) is 28.8 Å². The first-order valence-electron chi connectivity index (χ1n) is 9.32. The topological polar surface area (TPSA) is 133 Å². The fourth-order valence-electron chi connectivity index (χ4n) is 3.46. The zero-order valence-corrected chi connectivity index (χ0v) is 16.2. The molecule has 3 N–H and O–H groups in total. The Labute approximate surface area is 170 Å². The van der Waals surface area contributed by atoms with Crippen LogP contribution in [-0.4, -0.2) is 38.2 Å². The number of aryl methyl sites for hydroxylation is 1. The Bertz CT molecular complexity index is 1260. The summed E-state index contributed by atoms with van der Waals surface area (Å²) in [5.41, 5.74) is 6.83. The Morgan fingerprint density at radius 1 is 1.27 bits per heavy atom. The minimum Gasteiger partial charge on any atom is -0.464 e. The number of aromatic nitrogens is 3. The molecule has 4 rings (SSSR count). The number of imidazole rings is 1. The van der Waals surface area contributed by atoms with Gasteiger partial charge in [-0.05, 0) is 31.6 Å². The van der Waals surface area contributed by atoms with Crippen molar-refractivity contribution < 1.29 is 18.8 Å². The summed E-state index contributed by atoms with van der Waals surface area (Å²) in [5.74, 6) is -1.52. The number of nitrogens with two attached hydrogens (primary N) is 1. The molecule has 0 aromatic carbocycles. The number of pyridine rings is 1. The van der Waals surface area contributed by atoms with Gasteiger partial charge in [-0.15, -0.1) is 0 Å². The summed E-state index contributed by atoms with van der Waals surface area (Å²) in [6.07, 6.45) is 9.19. The van der Waals surface area contributed by atoms with E-state index < -0.39 is 23.6 Å². The van der Waals surface area contributed by atoms with E-state index in [0.717, 1.165) is 11.6 Å². The third-order valence-corrected chi connectivity index (χ3v) is 4.90. The monoisotopic (exact) mass is 405 g/mol. The lowest BCUT2D eigenvalue weighted by Crippen LogP contribution is -2.48. The van der Waals surface area contributed by atoms with E-state index in [1.54, 1.807) is 35.9 Å². The standard InChI is InChI=1S/C21H19N5O4/c1-12-24-10-16(26(12)18-7-2-3-8-23-18)21(29)25-15(19(27)20(22)28)9-13-11-30-17-6-4-5-14(13)17/h2-3,5-8,10-11,15H,4,9H2,1H3,(H2,22,28)(H,25,29). The first-order valence-corrected chi connectivity index (χ1v) is 9.32. The van der Waals surface area contributed by atoms with E-state index >= 15 is 0 Å². The summed E-state index contributed by atoms with van der Waals surface area (Å²) in [5, 5.41) is 3.49. The van der Waals surface area contributed by atoms with Crippen molar-refractivity contribution in [1.82, 2.24) is 19.9 Å². The predicted molar refractivity (Wildman–Crippen MR) is 107 cm³/mol. The summed E-state index contributed by atoms with van der Waals surface area (Å²) in [6.45, 7) is 1.73. The van der Waals surface area contributed by atoms with E-state index in [0.29, 0.717) is 22.6 Å². The van der Waals surface area contributed by atoms with Gasteiger partial charge >= 0.3 is 0 Å². The largest absolute Gasteiger partial charge is 0.464 e. The van der Waals surface area contributed by atoms with Crippen LogP contribution >= 0.6 is 0 Å². The van der Waals surface area contributed by atoms with Crippen LogP contribution in [0.4, 0.5) is 0 Å². The van der Waals surface area contributed by atoms with Crippen molar-refractivity contribution in [3.63, 3.8) is 0 Å². The number of amides is 2. The number of rotatable bonds is 7. The third-order valence-electron chi connectivity index (χ3n) is 4.90. The number of hydrogen-bond acceptors (Lipinski definition) is 6. The lowest BCUT2D eigenvalue weighted by atomic mass is 10.0. The van der Waals surface area contributed by atoms with E-state index in [1.165, 1.54) is 12.5 Å². The van der Waals surface area contributed by atoms with Crippen LogP contribution < -0.4 is 21.7 Å². The van der Waals surface area contributed by atoms with Gasteiger partial charge in [0.2, 0.25) is 5.78 Å². The average molecular weight is 405 g/mol. The number of ketones is 1. The molecule has 0 saturated heterocycles. The minimum atomic E-state index is -1.14. The molecule has 0 spiro atoms. The summed E-state index contributed by atoms with van der Waals surface area (Å²) < 4.78 is 7.04. The van der Waals surface area contributed by atoms with Gasteiger partial charge in [-0.2, -0.15) is 0 Å². The summed E-state index contributed by atoms with van der Waals surface area (Å²) in [4.78, 5) is 45.4. The maximum atomic E-state index is 13.0. The molecule has 0 fully saturated rings. The van der Waals surface area contributed by atoms with Gasteiger partial charge in [0.25, 0.3) is 11.8 Å². The number of furan rings is 1. The van der Waals surface area contributed by atoms with Gasteiger partial charge in [-0.1, -0.05) is 12.1 Å². The summed E-state index contributed by atoms with van der Waals surface area (Å²) in [6, 6.07) is 4.14. The van der Waals surface area contributed by atoms with Crippen molar-refractivity contribution in [1.29, 1.82) is 0 Å². The normalized spacial score (nSPS) is 13.1. The van der Waals surface area contributed by atoms with Gasteiger partial charge in [-0.3, -0.25) is 19.0 Å². The molecular weight excluding hydrogens is 386 g/mol. The number of fused-ring (bicyclic) bond motifs is 1. The highest BCUT2D eigenvalue weighted by Gasteiger charge is 2.28. The van der Waals surface area contributed by atoms with Crippen molar-refractivity contribution in [2.45, 2.75) is 25.8 Å². The van der Waals surface area contributed by atoms with Crippen molar-refractivity contribution in [3.8, 4) is 5.82 Å². The number of hydrogen-bond donors (Lipinski definition) is 2. The van der Waals surface area contributed by atoms with Crippen LogP contribution in [0.25, 0.3) is 18.0 Å². The third kappa shape index (κ3) is 3.52. The van der Waals surface area contributed by atoms with Crippen molar-refractivity contribution in [3.05, 3.63) is 64.6 Å². The molecule has 9 heteroatoms. The van der Waals surface area contributed by atoms with Crippen molar-refractivity contribution in [2.75, 3.05) is 0 Å². The van der Waals surface area contributed by atoms with Crippen molar-refractivity contribution >= 4 is 29.7 Å². The van der Waals surface area contributed by atoms with Crippen LogP contribution in [0.1, 0.15) is 28.3 Å². The summed E-state index contributed by atoms with van der Waals surface area (Å²) in [7, 11) is 0. The molecule has 3 aromatic rings. The second-order valence-electron chi connectivity index (χ2n) is 6.86. The van der Waals surface area contributed by atoms with Crippen LogP contribution in [0.3, 0.4) is 0 Å². The average Bonchev–Trinajstić information content (AvgIpc) is 3.44. The second kappa shape index (κ2) is 7.78. The van der Waals surface area contributed by atoms with E-state index in [1.807, 2.05) is 12.2 Å². The number of primary amides is 1. The molecule has 30 heavy (non-hydrogen) atoms. The van der Waals surface area contributed by atoms with Gasteiger partial charge in [0, 0.05) is 23.4 Å². The van der Waals surface area contributed by atoms with Crippen LogP contribution in [0.15, 0.2) is 41.3 Å². The molecular formula is C21H19N5O4. The Hall–Kier alpha value is -4.01. The Morgan fingerprint density at radius 2 is 2.10 bits per heavy atom. The molecule has 3 aromatic heterocycles. The van der Waals surface area contributed by atoms with Crippen molar-refractivity contribution in [2.24, 2.45) is 5.73 Å². The maximum absolute atomic E-state index is 13.0. The van der Waals surface area contributed by atoms with Gasteiger partial charge in [0.15, 0.2) is 0 Å². The van der Waals surface area contributed by atoms with Gasteiger partial charge < -0.3 is 15.5 Å². The molecule has 0 aliphatic heterocycles. The molecule has 0 saturated carbocycles. The lowest BCUT2D eigenvalue weighted by Gasteiger charge is -2.16. The fourth-order valence-corrected chi connectivity index (χ4v) is 3.46. The smallest absolute Gasteiger partial charge is 0.287 e. The molecule has 1 aliphatic carbocycles. The Kier molecular flexibility index (Phi) is 5.01. The second-order valence-corrected chi connectivity index (χ2v) is 6.86. The number of carbonyl (C=O) groups is 3. The highest BCUT2D eigenvalue weighted by atomic mass is 16.3. The Balaban J connectivity index is 1.64. The SMILES string of the molecule is Cc1ncc(C(=O)NC(Cc2coc3c2=CCC=3)C(=O)C(N)=O)n1-c1ccccn1. The van der Waals surface area contributed by atoms with Gasteiger partial charge in [-0.25, -0.2) is 9.97 Å². The number of carbonyl (C=O) groups excluding carboxylic acids is 3. The van der Waals surface area contributed by atoms with Crippen LogP contribution in [0.5, 0.6) is 0 Å². The zero-order valence-electron chi connectivity index (χ0n) is 16.2. The molecule has 1 atom stereocenters. The van der Waals surface area contributed by atoms with E-state index in [9.17, 15) is 14.4 Å². The lowest BCUT2D eigenvalue weighted by molar-refractivity contribution is -0.137. The molecule has 0 radical (unpaired) electrons. The van der Waals surface area contributed by atoms with Crippen LogP contribution in [0.2, 0.25) is 0 Å². The molecule has 2 amide bonds.